The van der Waals surface area contributed by atoms with Crippen molar-refractivity contribution in [3.8, 4) is 0 Å². The minimum Gasteiger partial charge on any atom is -0.311 e. The van der Waals surface area contributed by atoms with Gasteiger partial charge < -0.3 is 9.91 Å². The van der Waals surface area contributed by atoms with Crippen LogP contribution >= 0.6 is 0 Å². The van der Waals surface area contributed by atoms with Gasteiger partial charge in [0.05, 0.1) is 12.6 Å². The van der Waals surface area contributed by atoms with Gasteiger partial charge in [-0.2, -0.15) is 0 Å². The van der Waals surface area contributed by atoms with Gasteiger partial charge in [0.1, 0.15) is 6.04 Å². The lowest BCUT2D eigenvalue weighted by atomic mass is 9.99. The first-order valence-corrected chi connectivity index (χ1v) is 9.31. The van der Waals surface area contributed by atoms with E-state index in [0.717, 1.165) is 18.4 Å². The van der Waals surface area contributed by atoms with Crippen LogP contribution in [0.5, 0.6) is 0 Å². The van der Waals surface area contributed by atoms with Crippen LogP contribution in [0.25, 0.3) is 0 Å². The van der Waals surface area contributed by atoms with E-state index >= 15 is 0 Å². The standard InChI is InChI=1S/C22H25N3O/c1-3-17-8-10-19(11-9-17)20-14-21-22(26)24(12-13-25(21)23-20)15-18-6-4-16(2)5-7-18/h4-13,20-21,23H,3,14-15H2,1-2H3. The molecule has 2 atom stereocenters. The Hall–Kier alpha value is -2.59. The molecule has 4 rings (SSSR count). The largest absolute Gasteiger partial charge is 0.311 e. The topological polar surface area (TPSA) is 35.6 Å². The second kappa shape index (κ2) is 6.96. The number of benzene rings is 2. The molecule has 1 amide bonds. The zero-order valence-corrected chi connectivity index (χ0v) is 15.4. The summed E-state index contributed by atoms with van der Waals surface area (Å²) in [5, 5.41) is 1.96. The van der Waals surface area contributed by atoms with E-state index in [2.05, 4.69) is 67.8 Å². The second-order valence-electron chi connectivity index (χ2n) is 7.19. The summed E-state index contributed by atoms with van der Waals surface area (Å²) in [7, 11) is 0. The molecule has 1 N–H and O–H groups in total. The third-order valence-electron chi connectivity index (χ3n) is 5.34. The Labute approximate surface area is 155 Å². The van der Waals surface area contributed by atoms with Crippen molar-refractivity contribution in [1.82, 2.24) is 15.3 Å². The van der Waals surface area contributed by atoms with E-state index in [9.17, 15) is 4.79 Å². The van der Waals surface area contributed by atoms with Gasteiger partial charge in [-0.3, -0.25) is 4.79 Å². The minimum atomic E-state index is -0.138. The number of hydrazine groups is 1. The van der Waals surface area contributed by atoms with Crippen molar-refractivity contribution in [2.24, 2.45) is 0 Å². The number of fused-ring (bicyclic) bond motifs is 1. The number of aryl methyl sites for hydroxylation is 2. The van der Waals surface area contributed by atoms with E-state index in [0.29, 0.717) is 6.54 Å². The molecule has 4 heteroatoms. The normalized spacial score (nSPS) is 22.0. The molecule has 0 saturated carbocycles. The number of rotatable bonds is 4. The molecule has 2 unspecified atom stereocenters. The summed E-state index contributed by atoms with van der Waals surface area (Å²) in [4.78, 5) is 14.8. The average Bonchev–Trinajstić information content (AvgIpc) is 3.11. The zero-order chi connectivity index (χ0) is 18.1. The molecule has 26 heavy (non-hydrogen) atoms. The molecule has 4 nitrogen and oxygen atoms in total. The summed E-state index contributed by atoms with van der Waals surface area (Å²) < 4.78 is 0. The molecular formula is C22H25N3O. The van der Waals surface area contributed by atoms with Crippen molar-refractivity contribution in [1.29, 1.82) is 0 Å². The quantitative estimate of drug-likeness (QED) is 0.916. The lowest BCUT2D eigenvalue weighted by Gasteiger charge is -2.31. The van der Waals surface area contributed by atoms with Gasteiger partial charge in [0.2, 0.25) is 0 Å². The van der Waals surface area contributed by atoms with Crippen molar-refractivity contribution >= 4 is 5.91 Å². The highest BCUT2D eigenvalue weighted by atomic mass is 16.2. The van der Waals surface area contributed by atoms with Gasteiger partial charge in [-0.1, -0.05) is 61.0 Å². The lowest BCUT2D eigenvalue weighted by molar-refractivity contribution is -0.134. The van der Waals surface area contributed by atoms with Crippen LogP contribution in [0.1, 0.15) is 41.6 Å². The molecule has 0 radical (unpaired) electrons. The van der Waals surface area contributed by atoms with Crippen LogP contribution in [-0.2, 0) is 17.8 Å². The molecule has 2 aromatic carbocycles. The second-order valence-corrected chi connectivity index (χ2v) is 7.19. The maximum Gasteiger partial charge on any atom is 0.251 e. The molecule has 2 aromatic rings. The Morgan fingerprint density at radius 2 is 1.69 bits per heavy atom. The summed E-state index contributed by atoms with van der Waals surface area (Å²) in [5.41, 5.74) is 8.43. The fourth-order valence-electron chi connectivity index (χ4n) is 3.66. The van der Waals surface area contributed by atoms with E-state index in [4.69, 9.17) is 0 Å². The Morgan fingerprint density at radius 1 is 1.00 bits per heavy atom. The number of hydrogen-bond acceptors (Lipinski definition) is 3. The van der Waals surface area contributed by atoms with E-state index in [-0.39, 0.29) is 18.0 Å². The average molecular weight is 347 g/mol. The molecule has 2 aliphatic rings. The molecule has 0 bridgehead atoms. The van der Waals surface area contributed by atoms with Gasteiger partial charge in [0.25, 0.3) is 5.91 Å². The number of amides is 1. The maximum atomic E-state index is 12.9. The highest BCUT2D eigenvalue weighted by molar-refractivity contribution is 5.84. The maximum absolute atomic E-state index is 12.9. The fourth-order valence-corrected chi connectivity index (χ4v) is 3.66. The van der Waals surface area contributed by atoms with Gasteiger partial charge in [-0.15, -0.1) is 0 Å². The molecule has 134 valence electrons. The molecule has 1 saturated heterocycles. The Bertz CT molecular complexity index is 810. The number of carbonyl (C=O) groups is 1. The van der Waals surface area contributed by atoms with Gasteiger partial charge >= 0.3 is 0 Å². The number of carbonyl (C=O) groups excluding carboxylic acids is 1. The highest BCUT2D eigenvalue weighted by Gasteiger charge is 2.39. The van der Waals surface area contributed by atoms with Crippen molar-refractivity contribution in [3.05, 3.63) is 83.2 Å². The number of nitrogens with zero attached hydrogens (tertiary/aromatic N) is 2. The molecule has 1 fully saturated rings. The first-order chi connectivity index (χ1) is 12.6. The van der Waals surface area contributed by atoms with Crippen molar-refractivity contribution < 1.29 is 4.79 Å². The predicted molar refractivity (Wildman–Crippen MR) is 103 cm³/mol. The Kier molecular flexibility index (Phi) is 4.51. The zero-order valence-electron chi connectivity index (χ0n) is 15.4. The summed E-state index contributed by atoms with van der Waals surface area (Å²) in [6.45, 7) is 4.86. The molecular weight excluding hydrogens is 322 g/mol. The van der Waals surface area contributed by atoms with E-state index in [1.54, 1.807) is 0 Å². The third-order valence-corrected chi connectivity index (χ3v) is 5.34. The fraction of sp³-hybridized carbons (Fsp3) is 0.318. The molecule has 0 spiro atoms. The van der Waals surface area contributed by atoms with Crippen molar-refractivity contribution in [2.75, 3.05) is 0 Å². The molecule has 2 aliphatic heterocycles. The van der Waals surface area contributed by atoms with E-state index < -0.39 is 0 Å². The van der Waals surface area contributed by atoms with Crippen LogP contribution in [-0.4, -0.2) is 21.9 Å². The van der Waals surface area contributed by atoms with Gasteiger partial charge in [-0.05, 0) is 36.5 Å². The van der Waals surface area contributed by atoms with Crippen LogP contribution in [0.15, 0.2) is 60.9 Å². The van der Waals surface area contributed by atoms with Gasteiger partial charge in [0, 0.05) is 12.4 Å². The molecule has 2 heterocycles. The van der Waals surface area contributed by atoms with Crippen LogP contribution in [0.4, 0.5) is 0 Å². The van der Waals surface area contributed by atoms with Crippen molar-refractivity contribution in [2.45, 2.75) is 45.3 Å². The third kappa shape index (κ3) is 3.25. The monoisotopic (exact) mass is 347 g/mol. The highest BCUT2D eigenvalue weighted by Crippen LogP contribution is 2.31. The van der Waals surface area contributed by atoms with Crippen LogP contribution in [0.2, 0.25) is 0 Å². The summed E-state index contributed by atoms with van der Waals surface area (Å²) in [6, 6.07) is 17.1. The summed E-state index contributed by atoms with van der Waals surface area (Å²) in [6.07, 6.45) is 5.70. The number of nitrogens with one attached hydrogen (secondary N) is 1. The number of hydrogen-bond donors (Lipinski definition) is 1. The van der Waals surface area contributed by atoms with E-state index in [1.807, 2.05) is 22.3 Å². The van der Waals surface area contributed by atoms with E-state index in [1.165, 1.54) is 16.7 Å². The Morgan fingerprint density at radius 3 is 2.38 bits per heavy atom. The predicted octanol–water partition coefficient (Wildman–Crippen LogP) is 3.69. The first-order valence-electron chi connectivity index (χ1n) is 9.31. The summed E-state index contributed by atoms with van der Waals surface area (Å²) >= 11 is 0. The first kappa shape index (κ1) is 16.9. The van der Waals surface area contributed by atoms with Crippen LogP contribution < -0.4 is 5.43 Å². The smallest absolute Gasteiger partial charge is 0.251 e. The van der Waals surface area contributed by atoms with Gasteiger partial charge in [0.15, 0.2) is 0 Å². The molecule has 0 aliphatic carbocycles. The summed E-state index contributed by atoms with van der Waals surface area (Å²) in [5.74, 6) is 0.160. The Balaban J connectivity index is 1.46. The van der Waals surface area contributed by atoms with Crippen LogP contribution in [0, 0.1) is 6.92 Å². The van der Waals surface area contributed by atoms with Gasteiger partial charge in [-0.25, -0.2) is 5.43 Å². The minimum absolute atomic E-state index is 0.138. The van der Waals surface area contributed by atoms with Crippen LogP contribution in [0.3, 0.4) is 0 Å². The lowest BCUT2D eigenvalue weighted by Crippen LogP contribution is -2.47. The molecule has 0 aromatic heterocycles. The SMILES string of the molecule is CCc1ccc(C2CC3C(=O)N(Cc4ccc(C)cc4)C=CN3N2)cc1. The van der Waals surface area contributed by atoms with Crippen molar-refractivity contribution in [3.63, 3.8) is 0 Å².